The average Bonchev–Trinajstić information content (AvgIpc) is 3.06. The number of hydrogen-bond acceptors (Lipinski definition) is 5. The summed E-state index contributed by atoms with van der Waals surface area (Å²) in [6, 6.07) is 0. The second-order valence-corrected chi connectivity index (χ2v) is 6.86. The molecule has 0 bridgehead atoms. The minimum Gasteiger partial charge on any atom is -0.397 e. The minimum absolute atomic E-state index is 0.0670. The largest absolute Gasteiger partial charge is 0.397 e. The Morgan fingerprint density at radius 1 is 1.52 bits per heavy atom. The van der Waals surface area contributed by atoms with Gasteiger partial charge in [-0.05, 0) is 32.9 Å². The summed E-state index contributed by atoms with van der Waals surface area (Å²) < 4.78 is 1.79. The van der Waals surface area contributed by atoms with Gasteiger partial charge < -0.3 is 16.0 Å². The normalized spacial score (nSPS) is 19.5. The first kappa shape index (κ1) is 14.3. The van der Waals surface area contributed by atoms with Crippen molar-refractivity contribution in [2.24, 2.45) is 13.0 Å². The third-order valence-corrected chi connectivity index (χ3v) is 5.40. The summed E-state index contributed by atoms with van der Waals surface area (Å²) in [5.74, 6) is 0.473. The summed E-state index contributed by atoms with van der Waals surface area (Å²) in [6.07, 6.45) is 1.14. The van der Waals surface area contributed by atoms with E-state index in [9.17, 15) is 4.79 Å². The molecule has 0 saturated carbocycles. The lowest BCUT2D eigenvalue weighted by Crippen LogP contribution is -2.30. The SMILES string of the molecule is Cc1nn(C)c2sc(C(=O)NCC3CCN(C)C3)c(N)c12. The molecule has 1 unspecified atom stereocenters. The number of nitrogens with one attached hydrogen (secondary N) is 1. The molecule has 3 rings (SSSR count). The highest BCUT2D eigenvalue weighted by atomic mass is 32.1. The number of anilines is 1. The lowest BCUT2D eigenvalue weighted by Gasteiger charge is -2.11. The zero-order valence-corrected chi connectivity index (χ0v) is 13.5. The summed E-state index contributed by atoms with van der Waals surface area (Å²) in [6.45, 7) is 4.79. The van der Waals surface area contributed by atoms with Crippen LogP contribution in [0.4, 0.5) is 5.69 Å². The number of fused-ring (bicyclic) bond motifs is 1. The molecule has 2 aromatic heterocycles. The lowest BCUT2D eigenvalue weighted by molar-refractivity contribution is 0.0952. The van der Waals surface area contributed by atoms with Crippen molar-refractivity contribution in [3.63, 3.8) is 0 Å². The molecular formula is C14H21N5OS. The van der Waals surface area contributed by atoms with Crippen LogP contribution in [-0.4, -0.2) is 47.3 Å². The van der Waals surface area contributed by atoms with Crippen molar-refractivity contribution in [1.29, 1.82) is 0 Å². The van der Waals surface area contributed by atoms with Crippen molar-refractivity contribution in [2.45, 2.75) is 13.3 Å². The molecule has 3 heterocycles. The summed E-state index contributed by atoms with van der Waals surface area (Å²) in [5.41, 5.74) is 7.58. The maximum absolute atomic E-state index is 12.4. The Balaban J connectivity index is 1.75. The molecule has 0 aromatic carbocycles. The first-order valence-corrected chi connectivity index (χ1v) is 7.97. The number of hydrogen-bond donors (Lipinski definition) is 2. The van der Waals surface area contributed by atoms with Gasteiger partial charge in [-0.2, -0.15) is 5.10 Å². The van der Waals surface area contributed by atoms with E-state index in [-0.39, 0.29) is 5.91 Å². The van der Waals surface area contributed by atoms with Crippen molar-refractivity contribution in [1.82, 2.24) is 20.0 Å². The molecule has 1 aliphatic rings. The second-order valence-electron chi connectivity index (χ2n) is 5.86. The number of thiophene rings is 1. The van der Waals surface area contributed by atoms with Crippen LogP contribution >= 0.6 is 11.3 Å². The predicted molar refractivity (Wildman–Crippen MR) is 85.7 cm³/mol. The summed E-state index contributed by atoms with van der Waals surface area (Å²) in [4.78, 5) is 16.2. The van der Waals surface area contributed by atoms with E-state index in [1.165, 1.54) is 11.3 Å². The standard InChI is InChI=1S/C14H21N5OS/c1-8-10-11(15)12(21-14(10)19(3)17-8)13(20)16-6-9-4-5-18(2)7-9/h9H,4-7,15H2,1-3H3,(H,16,20). The van der Waals surface area contributed by atoms with Crippen LogP contribution in [0, 0.1) is 12.8 Å². The first-order valence-electron chi connectivity index (χ1n) is 7.15. The van der Waals surface area contributed by atoms with E-state index >= 15 is 0 Å². The van der Waals surface area contributed by atoms with E-state index < -0.39 is 0 Å². The van der Waals surface area contributed by atoms with Crippen LogP contribution in [-0.2, 0) is 7.05 Å². The molecule has 7 heteroatoms. The van der Waals surface area contributed by atoms with Crippen LogP contribution in [0.1, 0.15) is 21.8 Å². The number of nitrogens with two attached hydrogens (primary N) is 1. The number of carbonyl (C=O) groups excluding carboxylic acids is 1. The topological polar surface area (TPSA) is 76.2 Å². The third kappa shape index (κ3) is 2.51. The molecule has 6 nitrogen and oxygen atoms in total. The zero-order valence-electron chi connectivity index (χ0n) is 12.6. The van der Waals surface area contributed by atoms with Crippen molar-refractivity contribution in [3.05, 3.63) is 10.6 Å². The fourth-order valence-electron chi connectivity index (χ4n) is 3.01. The molecule has 1 fully saturated rings. The van der Waals surface area contributed by atoms with Crippen LogP contribution in [0.15, 0.2) is 0 Å². The highest BCUT2D eigenvalue weighted by molar-refractivity contribution is 7.21. The highest BCUT2D eigenvalue weighted by Crippen LogP contribution is 2.35. The van der Waals surface area contributed by atoms with Crippen LogP contribution in [0.3, 0.4) is 0 Å². The van der Waals surface area contributed by atoms with E-state index in [4.69, 9.17) is 5.73 Å². The summed E-state index contributed by atoms with van der Waals surface area (Å²) >= 11 is 1.42. The first-order chi connectivity index (χ1) is 9.97. The molecule has 0 aliphatic carbocycles. The van der Waals surface area contributed by atoms with E-state index in [0.717, 1.165) is 35.4 Å². The monoisotopic (exact) mass is 307 g/mol. The van der Waals surface area contributed by atoms with Crippen LogP contribution in [0.25, 0.3) is 10.2 Å². The van der Waals surface area contributed by atoms with Crippen LogP contribution in [0.5, 0.6) is 0 Å². The Hall–Kier alpha value is -1.60. The van der Waals surface area contributed by atoms with E-state index in [1.54, 1.807) is 4.68 Å². The van der Waals surface area contributed by atoms with Gasteiger partial charge >= 0.3 is 0 Å². The molecular weight excluding hydrogens is 286 g/mol. The van der Waals surface area contributed by atoms with Gasteiger partial charge in [-0.3, -0.25) is 9.48 Å². The number of carbonyl (C=O) groups is 1. The Labute approximate surface area is 127 Å². The number of rotatable bonds is 3. The molecule has 2 aromatic rings. The van der Waals surface area contributed by atoms with Gasteiger partial charge in [0, 0.05) is 20.1 Å². The van der Waals surface area contributed by atoms with Crippen molar-refractivity contribution in [2.75, 3.05) is 32.4 Å². The number of aryl methyl sites for hydroxylation is 2. The molecule has 1 aliphatic heterocycles. The highest BCUT2D eigenvalue weighted by Gasteiger charge is 2.23. The fraction of sp³-hybridized carbons (Fsp3) is 0.571. The van der Waals surface area contributed by atoms with E-state index in [2.05, 4.69) is 22.4 Å². The van der Waals surface area contributed by atoms with E-state index in [0.29, 0.717) is 23.0 Å². The van der Waals surface area contributed by atoms with Crippen LogP contribution < -0.4 is 11.1 Å². The third-order valence-electron chi connectivity index (χ3n) is 4.13. The van der Waals surface area contributed by atoms with Gasteiger partial charge in [0.15, 0.2) is 0 Å². The van der Waals surface area contributed by atoms with Gasteiger partial charge in [0.2, 0.25) is 0 Å². The smallest absolute Gasteiger partial charge is 0.263 e. The Bertz CT molecular complexity index is 689. The second kappa shape index (κ2) is 5.31. The molecule has 0 radical (unpaired) electrons. The average molecular weight is 307 g/mol. The van der Waals surface area contributed by atoms with E-state index in [1.807, 2.05) is 14.0 Å². The quantitative estimate of drug-likeness (QED) is 0.893. The Morgan fingerprint density at radius 2 is 2.29 bits per heavy atom. The lowest BCUT2D eigenvalue weighted by atomic mass is 10.1. The minimum atomic E-state index is -0.0670. The number of aromatic nitrogens is 2. The molecule has 3 N–H and O–H groups in total. The number of likely N-dealkylation sites (tertiary alicyclic amines) is 1. The summed E-state index contributed by atoms with van der Waals surface area (Å²) in [7, 11) is 3.99. The molecule has 1 saturated heterocycles. The Morgan fingerprint density at radius 3 is 2.90 bits per heavy atom. The molecule has 21 heavy (non-hydrogen) atoms. The van der Waals surface area contributed by atoms with Gasteiger partial charge in [0.05, 0.1) is 16.8 Å². The molecule has 1 amide bonds. The molecule has 1 atom stereocenters. The predicted octanol–water partition coefficient (Wildman–Crippen LogP) is 1.21. The maximum Gasteiger partial charge on any atom is 0.263 e. The van der Waals surface area contributed by atoms with Gasteiger partial charge in [-0.15, -0.1) is 11.3 Å². The van der Waals surface area contributed by atoms with Gasteiger partial charge in [-0.1, -0.05) is 0 Å². The number of nitrogen functional groups attached to an aromatic ring is 1. The number of nitrogens with zero attached hydrogens (tertiary/aromatic N) is 3. The van der Waals surface area contributed by atoms with Gasteiger partial charge in [0.25, 0.3) is 5.91 Å². The van der Waals surface area contributed by atoms with Crippen LogP contribution in [0.2, 0.25) is 0 Å². The molecule has 114 valence electrons. The number of amides is 1. The van der Waals surface area contributed by atoms with Gasteiger partial charge in [0.1, 0.15) is 9.71 Å². The zero-order chi connectivity index (χ0) is 15.1. The van der Waals surface area contributed by atoms with Crippen molar-refractivity contribution < 1.29 is 4.79 Å². The fourth-order valence-corrected chi connectivity index (χ4v) is 4.11. The maximum atomic E-state index is 12.4. The van der Waals surface area contributed by atoms with Crippen molar-refractivity contribution >= 4 is 33.1 Å². The van der Waals surface area contributed by atoms with Gasteiger partial charge in [-0.25, -0.2) is 0 Å². The summed E-state index contributed by atoms with van der Waals surface area (Å²) in [5, 5.41) is 8.28. The Kier molecular flexibility index (Phi) is 3.62. The molecule has 0 spiro atoms. The van der Waals surface area contributed by atoms with Crippen molar-refractivity contribution in [3.8, 4) is 0 Å².